The van der Waals surface area contributed by atoms with Crippen LogP contribution in [0.3, 0.4) is 0 Å². The number of benzene rings is 1. The maximum atomic E-state index is 5.52. The van der Waals surface area contributed by atoms with E-state index in [2.05, 4.69) is 51.6 Å². The molecule has 0 saturated heterocycles. The Morgan fingerprint density at radius 1 is 1.17 bits per heavy atom. The third kappa shape index (κ3) is 2.85. The van der Waals surface area contributed by atoms with E-state index < -0.39 is 0 Å². The highest BCUT2D eigenvalue weighted by atomic mass is 79.9. The molecule has 0 radical (unpaired) electrons. The predicted molar refractivity (Wildman–Crippen MR) is 75.2 cm³/mol. The third-order valence-electron chi connectivity index (χ3n) is 3.38. The molecule has 1 heterocycles. The zero-order valence-electron chi connectivity index (χ0n) is 10.1. The maximum absolute atomic E-state index is 5.52. The molecule has 18 heavy (non-hydrogen) atoms. The van der Waals surface area contributed by atoms with Gasteiger partial charge in [-0.05, 0) is 52.4 Å². The minimum Gasteiger partial charge on any atom is -0.453 e. The molecule has 3 rings (SSSR count). The van der Waals surface area contributed by atoms with Gasteiger partial charge >= 0.3 is 0 Å². The van der Waals surface area contributed by atoms with Gasteiger partial charge in [-0.15, -0.1) is 0 Å². The summed E-state index contributed by atoms with van der Waals surface area (Å²) in [4.78, 5) is 0. The van der Waals surface area contributed by atoms with Gasteiger partial charge in [0.25, 0.3) is 0 Å². The first-order valence-corrected chi connectivity index (χ1v) is 7.15. The number of hydrogen-bond acceptors (Lipinski definition) is 2. The summed E-state index contributed by atoms with van der Waals surface area (Å²) in [5.74, 6) is 1.76. The van der Waals surface area contributed by atoms with Crippen LogP contribution in [0.2, 0.25) is 0 Å². The summed E-state index contributed by atoms with van der Waals surface area (Å²) in [6.07, 6.45) is 2.66. The van der Waals surface area contributed by atoms with E-state index in [4.69, 9.17) is 4.42 Å². The minimum atomic E-state index is 0.454. The van der Waals surface area contributed by atoms with E-state index in [1.807, 2.05) is 12.1 Å². The highest BCUT2D eigenvalue weighted by Gasteiger charge is 2.31. The average molecular weight is 306 g/mol. The number of hydrogen-bond donors (Lipinski definition) is 1. The van der Waals surface area contributed by atoms with Crippen molar-refractivity contribution < 1.29 is 4.42 Å². The molecule has 0 aliphatic heterocycles. The summed E-state index contributed by atoms with van der Waals surface area (Å²) in [7, 11) is 0. The fraction of sp³-hybridized carbons (Fsp3) is 0.333. The van der Waals surface area contributed by atoms with Crippen LogP contribution in [0.25, 0.3) is 0 Å². The van der Waals surface area contributed by atoms with E-state index in [0.29, 0.717) is 6.04 Å². The molecule has 1 aliphatic carbocycles. The van der Waals surface area contributed by atoms with E-state index in [1.54, 1.807) is 0 Å². The van der Waals surface area contributed by atoms with Gasteiger partial charge in [-0.1, -0.05) is 30.3 Å². The Morgan fingerprint density at radius 3 is 2.56 bits per heavy atom. The number of halogens is 1. The first-order valence-electron chi connectivity index (χ1n) is 6.35. The lowest BCUT2D eigenvalue weighted by Crippen LogP contribution is -2.22. The summed E-state index contributed by atoms with van der Waals surface area (Å²) in [5.41, 5.74) is 1.38. The second-order valence-electron chi connectivity index (χ2n) is 4.81. The van der Waals surface area contributed by atoms with Crippen LogP contribution < -0.4 is 5.32 Å². The Kier molecular flexibility index (Phi) is 3.52. The number of nitrogens with one attached hydrogen (secondary N) is 1. The quantitative estimate of drug-likeness (QED) is 0.892. The smallest absolute Gasteiger partial charge is 0.169 e. The molecule has 1 N–H and O–H groups in total. The molecule has 1 aromatic carbocycles. The fourth-order valence-corrected chi connectivity index (χ4v) is 2.64. The van der Waals surface area contributed by atoms with Gasteiger partial charge in [-0.2, -0.15) is 0 Å². The largest absolute Gasteiger partial charge is 0.453 e. The van der Waals surface area contributed by atoms with Crippen LogP contribution in [0.15, 0.2) is 51.6 Å². The molecule has 3 heteroatoms. The molecule has 0 bridgehead atoms. The Morgan fingerprint density at radius 2 is 1.94 bits per heavy atom. The van der Waals surface area contributed by atoms with Crippen molar-refractivity contribution in [1.82, 2.24) is 5.32 Å². The summed E-state index contributed by atoms with van der Waals surface area (Å²) in [6.45, 7) is 0.779. The summed E-state index contributed by atoms with van der Waals surface area (Å²) in [5, 5.41) is 3.61. The lowest BCUT2D eigenvalue weighted by atomic mass is 10.0. The maximum Gasteiger partial charge on any atom is 0.169 e. The van der Waals surface area contributed by atoms with Crippen molar-refractivity contribution in [1.29, 1.82) is 0 Å². The van der Waals surface area contributed by atoms with Crippen molar-refractivity contribution in [2.45, 2.75) is 25.4 Å². The molecule has 1 unspecified atom stereocenters. The molecule has 2 aromatic rings. The minimum absolute atomic E-state index is 0.454. The van der Waals surface area contributed by atoms with Gasteiger partial charge in [0.2, 0.25) is 0 Å². The van der Waals surface area contributed by atoms with Crippen LogP contribution in [0, 0.1) is 5.92 Å². The topological polar surface area (TPSA) is 25.2 Å². The monoisotopic (exact) mass is 305 g/mol. The molecule has 1 aliphatic rings. The van der Waals surface area contributed by atoms with Crippen LogP contribution in [0.4, 0.5) is 0 Å². The lowest BCUT2D eigenvalue weighted by molar-refractivity contribution is 0.418. The van der Waals surface area contributed by atoms with Crippen LogP contribution >= 0.6 is 15.9 Å². The Balaban J connectivity index is 1.68. The van der Waals surface area contributed by atoms with Crippen molar-refractivity contribution in [2.24, 2.45) is 5.92 Å². The fourth-order valence-electron chi connectivity index (χ4n) is 2.30. The molecular formula is C15H16BrNO. The van der Waals surface area contributed by atoms with Gasteiger partial charge in [-0.25, -0.2) is 0 Å². The lowest BCUT2D eigenvalue weighted by Gasteiger charge is -2.18. The van der Waals surface area contributed by atoms with Crippen molar-refractivity contribution in [3.8, 4) is 0 Å². The van der Waals surface area contributed by atoms with Gasteiger partial charge in [0, 0.05) is 6.04 Å². The highest BCUT2D eigenvalue weighted by Crippen LogP contribution is 2.41. The highest BCUT2D eigenvalue weighted by molar-refractivity contribution is 9.10. The Labute approximate surface area is 116 Å². The molecule has 1 atom stereocenters. The van der Waals surface area contributed by atoms with Crippen molar-refractivity contribution in [2.75, 3.05) is 0 Å². The van der Waals surface area contributed by atoms with E-state index in [1.165, 1.54) is 18.4 Å². The van der Waals surface area contributed by atoms with Crippen molar-refractivity contribution in [3.63, 3.8) is 0 Å². The van der Waals surface area contributed by atoms with Gasteiger partial charge in [0.05, 0.1) is 6.54 Å². The van der Waals surface area contributed by atoms with Gasteiger partial charge in [-0.3, -0.25) is 0 Å². The Hall–Kier alpha value is -1.06. The molecule has 1 fully saturated rings. The summed E-state index contributed by atoms with van der Waals surface area (Å²) < 4.78 is 6.32. The van der Waals surface area contributed by atoms with E-state index in [0.717, 1.165) is 22.9 Å². The van der Waals surface area contributed by atoms with Crippen molar-refractivity contribution in [3.05, 3.63) is 58.5 Å². The van der Waals surface area contributed by atoms with E-state index >= 15 is 0 Å². The van der Waals surface area contributed by atoms with Crippen LogP contribution in [-0.4, -0.2) is 0 Å². The number of rotatable bonds is 5. The van der Waals surface area contributed by atoms with Crippen LogP contribution in [0.1, 0.15) is 30.2 Å². The molecule has 2 nitrogen and oxygen atoms in total. The molecule has 1 saturated carbocycles. The first-order chi connectivity index (χ1) is 8.83. The normalized spacial score (nSPS) is 16.7. The molecule has 94 valence electrons. The van der Waals surface area contributed by atoms with Gasteiger partial charge < -0.3 is 9.73 Å². The summed E-state index contributed by atoms with van der Waals surface area (Å²) >= 11 is 3.33. The molecule has 1 aromatic heterocycles. The Bertz CT molecular complexity index is 504. The standard InChI is InChI=1S/C15H16BrNO/c16-14-9-8-13(18-14)10-17-15(12-6-7-12)11-4-2-1-3-5-11/h1-5,8-9,12,15,17H,6-7,10H2. The molecule has 0 amide bonds. The third-order valence-corrected chi connectivity index (χ3v) is 3.80. The zero-order valence-corrected chi connectivity index (χ0v) is 11.7. The van der Waals surface area contributed by atoms with Crippen LogP contribution in [-0.2, 0) is 6.54 Å². The molecule has 0 spiro atoms. The van der Waals surface area contributed by atoms with E-state index in [-0.39, 0.29) is 0 Å². The average Bonchev–Trinajstić information content (AvgIpc) is 3.14. The number of furan rings is 1. The zero-order chi connectivity index (χ0) is 12.4. The first kappa shape index (κ1) is 12.0. The second-order valence-corrected chi connectivity index (χ2v) is 5.59. The second kappa shape index (κ2) is 5.29. The summed E-state index contributed by atoms with van der Waals surface area (Å²) in [6, 6.07) is 15.1. The van der Waals surface area contributed by atoms with Crippen molar-refractivity contribution >= 4 is 15.9 Å². The van der Waals surface area contributed by atoms with Crippen LogP contribution in [0.5, 0.6) is 0 Å². The SMILES string of the molecule is Brc1ccc(CNC(c2ccccc2)C2CC2)o1. The van der Waals surface area contributed by atoms with Gasteiger partial charge in [0.15, 0.2) is 4.67 Å². The molecular weight excluding hydrogens is 290 g/mol. The predicted octanol–water partition coefficient (Wildman–Crippen LogP) is 4.28. The van der Waals surface area contributed by atoms with E-state index in [9.17, 15) is 0 Å². The van der Waals surface area contributed by atoms with Gasteiger partial charge in [0.1, 0.15) is 5.76 Å².